The fraction of sp³-hybridized carbons (Fsp3) is 0.867. The largest absolute Gasteiger partial charge is 0.388 e. The Bertz CT molecular complexity index is 349. The molecule has 1 heterocycles. The zero-order valence-electron chi connectivity index (χ0n) is 12.2. The number of rotatable bonds is 5. The number of nitrogens with zero attached hydrogens (tertiary/aromatic N) is 1. The summed E-state index contributed by atoms with van der Waals surface area (Å²) < 4.78 is 0. The third-order valence-corrected chi connectivity index (χ3v) is 4.43. The van der Waals surface area contributed by atoms with Gasteiger partial charge in [-0.15, -0.1) is 0 Å². The monoisotopic (exact) mass is 282 g/mol. The maximum Gasteiger partial charge on any atom is 0.222 e. The van der Waals surface area contributed by atoms with Crippen LogP contribution in [0.3, 0.4) is 0 Å². The molecule has 0 aromatic heterocycles. The van der Waals surface area contributed by atoms with E-state index in [-0.39, 0.29) is 11.8 Å². The first-order valence-electron chi connectivity index (χ1n) is 7.86. The molecule has 0 spiro atoms. The Kier molecular flexibility index (Phi) is 5.40. The molecule has 0 unspecified atom stereocenters. The van der Waals surface area contributed by atoms with Gasteiger partial charge >= 0.3 is 0 Å². The molecule has 0 bridgehead atoms. The Labute approximate surface area is 120 Å². The van der Waals surface area contributed by atoms with Gasteiger partial charge in [-0.1, -0.05) is 25.7 Å². The first-order valence-corrected chi connectivity index (χ1v) is 7.86. The summed E-state index contributed by atoms with van der Waals surface area (Å²) in [6.07, 6.45) is 7.82. The summed E-state index contributed by atoms with van der Waals surface area (Å²) in [5.74, 6) is 0.0857. The van der Waals surface area contributed by atoms with Crippen molar-refractivity contribution in [2.75, 3.05) is 19.6 Å². The van der Waals surface area contributed by atoms with E-state index in [9.17, 15) is 14.7 Å². The van der Waals surface area contributed by atoms with Crippen LogP contribution in [0.5, 0.6) is 0 Å². The van der Waals surface area contributed by atoms with Crippen LogP contribution in [0.4, 0.5) is 0 Å². The number of hydrogen-bond donors (Lipinski definition) is 2. The van der Waals surface area contributed by atoms with E-state index in [0.29, 0.717) is 25.9 Å². The van der Waals surface area contributed by atoms with E-state index in [0.717, 1.165) is 38.6 Å². The second-order valence-corrected chi connectivity index (χ2v) is 6.15. The second-order valence-electron chi connectivity index (χ2n) is 6.15. The fourth-order valence-electron chi connectivity index (χ4n) is 3.09. The van der Waals surface area contributed by atoms with Gasteiger partial charge in [0.25, 0.3) is 0 Å². The Morgan fingerprint density at radius 1 is 1.20 bits per heavy atom. The normalized spacial score (nSPS) is 22.6. The predicted molar refractivity (Wildman–Crippen MR) is 76.1 cm³/mol. The van der Waals surface area contributed by atoms with Gasteiger partial charge < -0.3 is 15.3 Å². The van der Waals surface area contributed by atoms with Crippen LogP contribution in [-0.4, -0.2) is 47.1 Å². The first kappa shape index (κ1) is 15.3. The van der Waals surface area contributed by atoms with Crippen molar-refractivity contribution in [2.45, 2.75) is 63.4 Å². The zero-order chi connectivity index (χ0) is 14.4. The molecule has 0 aromatic carbocycles. The van der Waals surface area contributed by atoms with Crippen molar-refractivity contribution in [3.8, 4) is 0 Å². The van der Waals surface area contributed by atoms with Gasteiger partial charge in [0.1, 0.15) is 0 Å². The van der Waals surface area contributed by atoms with E-state index < -0.39 is 5.60 Å². The lowest BCUT2D eigenvalue weighted by atomic mass is 9.94. The zero-order valence-corrected chi connectivity index (χ0v) is 12.2. The molecule has 1 aliphatic carbocycles. The second kappa shape index (κ2) is 7.07. The van der Waals surface area contributed by atoms with E-state index in [2.05, 4.69) is 5.32 Å². The van der Waals surface area contributed by atoms with Crippen LogP contribution in [-0.2, 0) is 9.59 Å². The summed E-state index contributed by atoms with van der Waals surface area (Å²) in [7, 11) is 0. The fourth-order valence-corrected chi connectivity index (χ4v) is 3.09. The van der Waals surface area contributed by atoms with Gasteiger partial charge in [-0.05, 0) is 19.3 Å². The topological polar surface area (TPSA) is 69.6 Å². The lowest BCUT2D eigenvalue weighted by molar-refractivity contribution is -0.128. The minimum atomic E-state index is -0.727. The molecule has 2 aliphatic rings. The van der Waals surface area contributed by atoms with Crippen LogP contribution < -0.4 is 5.32 Å². The van der Waals surface area contributed by atoms with Crippen LogP contribution in [0, 0.1) is 0 Å². The molecule has 114 valence electrons. The average molecular weight is 282 g/mol. The molecule has 2 amide bonds. The molecule has 1 aliphatic heterocycles. The van der Waals surface area contributed by atoms with Crippen molar-refractivity contribution in [2.24, 2.45) is 0 Å². The predicted octanol–water partition coefficient (Wildman–Crippen LogP) is 1.20. The molecule has 5 heteroatoms. The van der Waals surface area contributed by atoms with E-state index in [1.54, 1.807) is 4.90 Å². The van der Waals surface area contributed by atoms with Crippen molar-refractivity contribution in [3.05, 3.63) is 0 Å². The molecule has 1 saturated carbocycles. The number of amides is 2. The van der Waals surface area contributed by atoms with Gasteiger partial charge in [0.15, 0.2) is 0 Å². The lowest BCUT2D eigenvalue weighted by Crippen LogP contribution is -2.43. The van der Waals surface area contributed by atoms with Crippen molar-refractivity contribution in [1.82, 2.24) is 10.2 Å². The summed E-state index contributed by atoms with van der Waals surface area (Å²) >= 11 is 0. The SMILES string of the molecule is O=C(CCN1CCCC1=O)NCC1(O)CCCCCC1. The quantitative estimate of drug-likeness (QED) is 0.744. The van der Waals surface area contributed by atoms with Crippen LogP contribution in [0.2, 0.25) is 0 Å². The number of aliphatic hydroxyl groups is 1. The number of hydrogen-bond acceptors (Lipinski definition) is 3. The summed E-state index contributed by atoms with van der Waals surface area (Å²) in [6, 6.07) is 0. The minimum absolute atomic E-state index is 0.0672. The Morgan fingerprint density at radius 2 is 1.90 bits per heavy atom. The number of carbonyl (C=O) groups is 2. The van der Waals surface area contributed by atoms with Crippen molar-refractivity contribution in [3.63, 3.8) is 0 Å². The third-order valence-electron chi connectivity index (χ3n) is 4.43. The first-order chi connectivity index (χ1) is 9.59. The van der Waals surface area contributed by atoms with Crippen LogP contribution in [0.1, 0.15) is 57.8 Å². The van der Waals surface area contributed by atoms with Gasteiger partial charge in [-0.25, -0.2) is 0 Å². The van der Waals surface area contributed by atoms with Crippen molar-refractivity contribution >= 4 is 11.8 Å². The highest BCUT2D eigenvalue weighted by atomic mass is 16.3. The summed E-state index contributed by atoms with van der Waals surface area (Å²) in [5.41, 5.74) is -0.727. The molecule has 0 atom stereocenters. The number of likely N-dealkylation sites (tertiary alicyclic amines) is 1. The van der Waals surface area contributed by atoms with Crippen LogP contribution >= 0.6 is 0 Å². The Morgan fingerprint density at radius 3 is 2.50 bits per heavy atom. The van der Waals surface area contributed by atoms with E-state index in [1.807, 2.05) is 0 Å². The molecular weight excluding hydrogens is 256 g/mol. The highest BCUT2D eigenvalue weighted by molar-refractivity contribution is 5.80. The highest BCUT2D eigenvalue weighted by Crippen LogP contribution is 2.26. The maximum atomic E-state index is 11.8. The van der Waals surface area contributed by atoms with Crippen LogP contribution in [0.25, 0.3) is 0 Å². The molecule has 5 nitrogen and oxygen atoms in total. The molecule has 0 radical (unpaired) electrons. The van der Waals surface area contributed by atoms with E-state index >= 15 is 0 Å². The molecular formula is C15H26N2O3. The van der Waals surface area contributed by atoms with Crippen LogP contribution in [0.15, 0.2) is 0 Å². The van der Waals surface area contributed by atoms with Gasteiger partial charge in [-0.2, -0.15) is 0 Å². The number of nitrogens with one attached hydrogen (secondary N) is 1. The highest BCUT2D eigenvalue weighted by Gasteiger charge is 2.28. The molecule has 2 N–H and O–H groups in total. The molecule has 2 fully saturated rings. The summed E-state index contributed by atoms with van der Waals surface area (Å²) in [4.78, 5) is 25.0. The Balaban J connectivity index is 1.67. The van der Waals surface area contributed by atoms with Gasteiger partial charge in [0.2, 0.25) is 11.8 Å². The molecule has 2 rings (SSSR count). The molecule has 20 heavy (non-hydrogen) atoms. The summed E-state index contributed by atoms with van der Waals surface area (Å²) in [5, 5.41) is 13.3. The van der Waals surface area contributed by atoms with E-state index in [1.165, 1.54) is 12.8 Å². The standard InChI is InChI=1S/C15H26N2O3/c18-13(7-11-17-10-5-6-14(17)19)16-12-15(20)8-3-1-2-4-9-15/h20H,1-12H2,(H,16,18). The molecule has 1 saturated heterocycles. The van der Waals surface area contributed by atoms with Gasteiger partial charge in [0, 0.05) is 32.5 Å². The average Bonchev–Trinajstić information content (AvgIpc) is 2.70. The smallest absolute Gasteiger partial charge is 0.222 e. The van der Waals surface area contributed by atoms with E-state index in [4.69, 9.17) is 0 Å². The maximum absolute atomic E-state index is 11.8. The van der Waals surface area contributed by atoms with Gasteiger partial charge in [-0.3, -0.25) is 9.59 Å². The van der Waals surface area contributed by atoms with Crippen molar-refractivity contribution < 1.29 is 14.7 Å². The van der Waals surface area contributed by atoms with Crippen molar-refractivity contribution in [1.29, 1.82) is 0 Å². The Hall–Kier alpha value is -1.10. The minimum Gasteiger partial charge on any atom is -0.388 e. The van der Waals surface area contributed by atoms with Gasteiger partial charge in [0.05, 0.1) is 5.60 Å². The molecule has 0 aromatic rings. The third kappa shape index (κ3) is 4.47. The number of carbonyl (C=O) groups excluding carboxylic acids is 2. The summed E-state index contributed by atoms with van der Waals surface area (Å²) in [6.45, 7) is 1.62. The lowest BCUT2D eigenvalue weighted by Gasteiger charge is -2.27.